The van der Waals surface area contributed by atoms with Crippen LogP contribution in [0.15, 0.2) is 36.4 Å². The van der Waals surface area contributed by atoms with Gasteiger partial charge in [0.25, 0.3) is 11.6 Å². The molecule has 1 amide bonds. The number of rotatable bonds is 5. The van der Waals surface area contributed by atoms with Crippen LogP contribution in [0.25, 0.3) is 0 Å². The number of ether oxygens (including phenoxy) is 1. The van der Waals surface area contributed by atoms with Crippen LogP contribution in [0.1, 0.15) is 12.5 Å². The van der Waals surface area contributed by atoms with Crippen molar-refractivity contribution in [2.24, 2.45) is 0 Å². The molecule has 2 aromatic rings. The van der Waals surface area contributed by atoms with Gasteiger partial charge in [-0.15, -0.1) is 0 Å². The van der Waals surface area contributed by atoms with Gasteiger partial charge >= 0.3 is 0 Å². The number of nitrogens with one attached hydrogen (secondary N) is 1. The Morgan fingerprint density at radius 2 is 1.92 bits per heavy atom. The van der Waals surface area contributed by atoms with Crippen molar-refractivity contribution < 1.29 is 14.5 Å². The maximum absolute atomic E-state index is 12.2. The molecule has 0 aliphatic heterocycles. The third kappa shape index (κ3) is 4.37. The van der Waals surface area contributed by atoms with Crippen molar-refractivity contribution in [1.29, 1.82) is 0 Å². The lowest BCUT2D eigenvalue weighted by Gasteiger charge is -2.16. The number of carbonyl (C=O) groups is 1. The van der Waals surface area contributed by atoms with E-state index in [1.165, 1.54) is 18.2 Å². The first-order valence-corrected chi connectivity index (χ1v) is 7.71. The van der Waals surface area contributed by atoms with Crippen molar-refractivity contribution in [3.8, 4) is 5.75 Å². The molecule has 2 rings (SSSR count). The Balaban J connectivity index is 2.06. The van der Waals surface area contributed by atoms with Crippen molar-refractivity contribution in [3.05, 3.63) is 62.1 Å². The summed E-state index contributed by atoms with van der Waals surface area (Å²) in [4.78, 5) is 22.3. The second-order valence-corrected chi connectivity index (χ2v) is 5.90. The molecule has 0 spiro atoms. The van der Waals surface area contributed by atoms with Gasteiger partial charge < -0.3 is 10.1 Å². The van der Waals surface area contributed by atoms with Gasteiger partial charge in [0, 0.05) is 17.2 Å². The normalized spacial score (nSPS) is 11.7. The molecule has 8 heteroatoms. The number of nitrogens with zero attached hydrogens (tertiary/aromatic N) is 1. The second-order valence-electron chi connectivity index (χ2n) is 5.08. The molecule has 0 saturated carbocycles. The quantitative estimate of drug-likeness (QED) is 0.616. The largest absolute Gasteiger partial charge is 0.481 e. The first-order chi connectivity index (χ1) is 11.3. The van der Waals surface area contributed by atoms with Crippen molar-refractivity contribution in [2.45, 2.75) is 20.0 Å². The van der Waals surface area contributed by atoms with Crippen LogP contribution in [0.5, 0.6) is 5.75 Å². The Labute approximate surface area is 148 Å². The summed E-state index contributed by atoms with van der Waals surface area (Å²) < 4.78 is 5.56. The maximum Gasteiger partial charge on any atom is 0.271 e. The number of benzene rings is 2. The molecule has 0 unspecified atom stereocenters. The zero-order valence-corrected chi connectivity index (χ0v) is 14.4. The molecule has 0 aliphatic carbocycles. The molecule has 1 N–H and O–H groups in total. The van der Waals surface area contributed by atoms with E-state index in [1.54, 1.807) is 25.1 Å². The minimum absolute atomic E-state index is 0.0760. The third-order valence-electron chi connectivity index (χ3n) is 3.23. The number of hydrogen-bond donors (Lipinski definition) is 1. The van der Waals surface area contributed by atoms with E-state index in [-0.39, 0.29) is 16.4 Å². The van der Waals surface area contributed by atoms with E-state index in [9.17, 15) is 14.9 Å². The SMILES string of the molecule is Cc1cc(O[C@@H](C)C(=O)Nc2ccc([N+](=O)[O-])cc2Cl)ccc1Cl. The molecule has 0 aromatic heterocycles. The van der Waals surface area contributed by atoms with Gasteiger partial charge in [-0.1, -0.05) is 23.2 Å². The van der Waals surface area contributed by atoms with E-state index >= 15 is 0 Å². The summed E-state index contributed by atoms with van der Waals surface area (Å²) in [6, 6.07) is 8.88. The van der Waals surface area contributed by atoms with E-state index in [0.29, 0.717) is 10.8 Å². The monoisotopic (exact) mass is 368 g/mol. The van der Waals surface area contributed by atoms with Gasteiger partial charge in [0.05, 0.1) is 15.6 Å². The Morgan fingerprint density at radius 3 is 2.50 bits per heavy atom. The number of nitro benzene ring substituents is 1. The maximum atomic E-state index is 12.2. The van der Waals surface area contributed by atoms with Crippen LogP contribution in [0.3, 0.4) is 0 Å². The summed E-state index contributed by atoms with van der Waals surface area (Å²) in [5.41, 5.74) is 0.953. The first kappa shape index (κ1) is 18.0. The number of amides is 1. The first-order valence-electron chi connectivity index (χ1n) is 6.95. The van der Waals surface area contributed by atoms with Crippen molar-refractivity contribution in [1.82, 2.24) is 0 Å². The number of anilines is 1. The number of aryl methyl sites for hydroxylation is 1. The van der Waals surface area contributed by atoms with Gasteiger partial charge in [-0.2, -0.15) is 0 Å². The average Bonchev–Trinajstić information content (AvgIpc) is 2.52. The Morgan fingerprint density at radius 1 is 1.21 bits per heavy atom. The van der Waals surface area contributed by atoms with Gasteiger partial charge in [-0.05, 0) is 43.7 Å². The molecule has 24 heavy (non-hydrogen) atoms. The lowest BCUT2D eigenvalue weighted by atomic mass is 10.2. The Bertz CT molecular complexity index is 796. The van der Waals surface area contributed by atoms with Crippen LogP contribution in [-0.4, -0.2) is 16.9 Å². The predicted molar refractivity (Wildman–Crippen MR) is 93.0 cm³/mol. The van der Waals surface area contributed by atoms with Gasteiger partial charge in [0.15, 0.2) is 6.10 Å². The fourth-order valence-corrected chi connectivity index (χ4v) is 2.24. The van der Waals surface area contributed by atoms with E-state index in [4.69, 9.17) is 27.9 Å². The fraction of sp³-hybridized carbons (Fsp3) is 0.188. The highest BCUT2D eigenvalue weighted by atomic mass is 35.5. The smallest absolute Gasteiger partial charge is 0.271 e. The van der Waals surface area contributed by atoms with Crippen LogP contribution in [0.2, 0.25) is 10.0 Å². The summed E-state index contributed by atoms with van der Waals surface area (Å²) in [5.74, 6) is 0.0766. The lowest BCUT2D eigenvalue weighted by molar-refractivity contribution is -0.384. The van der Waals surface area contributed by atoms with Gasteiger partial charge in [-0.3, -0.25) is 14.9 Å². The van der Waals surface area contributed by atoms with E-state index in [2.05, 4.69) is 5.32 Å². The molecule has 0 bridgehead atoms. The Hall–Kier alpha value is -2.31. The van der Waals surface area contributed by atoms with Crippen LogP contribution in [0, 0.1) is 17.0 Å². The van der Waals surface area contributed by atoms with Gasteiger partial charge in [-0.25, -0.2) is 0 Å². The minimum atomic E-state index is -0.795. The summed E-state index contributed by atoms with van der Waals surface area (Å²) in [5, 5.41) is 13.9. The average molecular weight is 369 g/mol. The summed E-state index contributed by atoms with van der Waals surface area (Å²) in [7, 11) is 0. The topological polar surface area (TPSA) is 81.5 Å². The molecule has 0 heterocycles. The fourth-order valence-electron chi connectivity index (χ4n) is 1.90. The van der Waals surface area contributed by atoms with Gasteiger partial charge in [0.1, 0.15) is 5.75 Å². The standard InChI is InChI=1S/C16H14Cl2N2O4/c1-9-7-12(4-5-13(9)17)24-10(2)16(21)19-15-6-3-11(20(22)23)8-14(15)18/h3-8,10H,1-2H3,(H,19,21)/t10-/m0/s1. The number of non-ortho nitro benzene ring substituents is 1. The van der Waals surface area contributed by atoms with Crippen LogP contribution >= 0.6 is 23.2 Å². The molecule has 0 saturated heterocycles. The highest BCUT2D eigenvalue weighted by Gasteiger charge is 2.18. The highest BCUT2D eigenvalue weighted by Crippen LogP contribution is 2.27. The molecule has 1 atom stereocenters. The zero-order valence-electron chi connectivity index (χ0n) is 12.9. The van der Waals surface area contributed by atoms with E-state index in [0.717, 1.165) is 5.56 Å². The van der Waals surface area contributed by atoms with Crippen LogP contribution < -0.4 is 10.1 Å². The van der Waals surface area contributed by atoms with Crippen LogP contribution in [-0.2, 0) is 4.79 Å². The summed E-state index contributed by atoms with van der Waals surface area (Å²) in [6.07, 6.45) is -0.795. The number of carbonyl (C=O) groups excluding carboxylic acids is 1. The molecular weight excluding hydrogens is 355 g/mol. The van der Waals surface area contributed by atoms with Crippen molar-refractivity contribution >= 4 is 40.5 Å². The zero-order chi connectivity index (χ0) is 17.9. The highest BCUT2D eigenvalue weighted by molar-refractivity contribution is 6.34. The molecule has 126 valence electrons. The molecule has 0 fully saturated rings. The minimum Gasteiger partial charge on any atom is -0.481 e. The summed E-state index contributed by atoms with van der Waals surface area (Å²) in [6.45, 7) is 3.41. The number of hydrogen-bond acceptors (Lipinski definition) is 4. The lowest BCUT2D eigenvalue weighted by Crippen LogP contribution is -2.30. The van der Waals surface area contributed by atoms with E-state index in [1.807, 2.05) is 6.92 Å². The van der Waals surface area contributed by atoms with E-state index < -0.39 is 16.9 Å². The molecule has 0 radical (unpaired) electrons. The molecule has 6 nitrogen and oxygen atoms in total. The predicted octanol–water partition coefficient (Wildman–Crippen LogP) is 4.62. The Kier molecular flexibility index (Phi) is 5.64. The second kappa shape index (κ2) is 7.51. The molecule has 0 aliphatic rings. The number of halogens is 2. The van der Waals surface area contributed by atoms with Crippen molar-refractivity contribution in [3.63, 3.8) is 0 Å². The van der Waals surface area contributed by atoms with Crippen molar-refractivity contribution in [2.75, 3.05) is 5.32 Å². The number of nitro groups is 1. The molecular formula is C16H14Cl2N2O4. The van der Waals surface area contributed by atoms with Crippen LogP contribution in [0.4, 0.5) is 11.4 Å². The third-order valence-corrected chi connectivity index (χ3v) is 3.97. The van der Waals surface area contributed by atoms with Gasteiger partial charge in [0.2, 0.25) is 0 Å². The summed E-state index contributed by atoms with van der Waals surface area (Å²) >= 11 is 11.9. The molecule has 2 aromatic carbocycles.